The van der Waals surface area contributed by atoms with Crippen LogP contribution in [0.15, 0.2) is 46.0 Å². The van der Waals surface area contributed by atoms with Crippen molar-refractivity contribution in [3.63, 3.8) is 0 Å². The molecule has 0 aliphatic rings. The predicted molar refractivity (Wildman–Crippen MR) is 99.4 cm³/mol. The number of furan rings is 1. The molecule has 0 radical (unpaired) electrons. The third kappa shape index (κ3) is 6.68. The lowest BCUT2D eigenvalue weighted by Crippen LogP contribution is -2.40. The molecule has 0 atom stereocenters. The fourth-order valence-corrected chi connectivity index (χ4v) is 2.46. The van der Waals surface area contributed by atoms with Gasteiger partial charge in [0.2, 0.25) is 0 Å². The van der Waals surface area contributed by atoms with Gasteiger partial charge < -0.3 is 24.5 Å². The van der Waals surface area contributed by atoms with E-state index in [1.165, 1.54) is 0 Å². The lowest BCUT2D eigenvalue weighted by atomic mass is 10.2. The number of hydrogen-bond acceptors (Lipinski definition) is 4. The van der Waals surface area contributed by atoms with Gasteiger partial charge in [-0.3, -0.25) is 0 Å². The van der Waals surface area contributed by atoms with Crippen LogP contribution < -0.4 is 15.4 Å². The predicted octanol–water partition coefficient (Wildman–Crippen LogP) is 2.87. The van der Waals surface area contributed by atoms with Crippen molar-refractivity contribution in [2.45, 2.75) is 13.0 Å². The van der Waals surface area contributed by atoms with Gasteiger partial charge in [-0.25, -0.2) is 4.99 Å². The van der Waals surface area contributed by atoms with Crippen LogP contribution in [0.25, 0.3) is 0 Å². The maximum absolute atomic E-state index is 6.16. The summed E-state index contributed by atoms with van der Waals surface area (Å²) in [4.78, 5) is 4.59. The smallest absolute Gasteiger partial charge is 0.191 e. The zero-order valence-corrected chi connectivity index (χ0v) is 15.3. The van der Waals surface area contributed by atoms with Gasteiger partial charge in [0, 0.05) is 26.6 Å². The lowest BCUT2D eigenvalue weighted by molar-refractivity contribution is 0.203. The van der Waals surface area contributed by atoms with Gasteiger partial charge in [-0.15, -0.1) is 0 Å². The second-order valence-corrected chi connectivity index (χ2v) is 5.72. The molecule has 1 aromatic heterocycles. The molecule has 2 rings (SSSR count). The van der Waals surface area contributed by atoms with E-state index in [0.29, 0.717) is 30.5 Å². The first-order chi connectivity index (χ1) is 12.2. The second kappa shape index (κ2) is 10.6. The molecule has 1 heterocycles. The first-order valence-corrected chi connectivity index (χ1v) is 8.46. The van der Waals surface area contributed by atoms with Crippen LogP contribution in [0.2, 0.25) is 5.02 Å². The van der Waals surface area contributed by atoms with E-state index in [0.717, 1.165) is 30.2 Å². The zero-order valence-electron chi connectivity index (χ0n) is 14.5. The van der Waals surface area contributed by atoms with E-state index < -0.39 is 0 Å². The summed E-state index contributed by atoms with van der Waals surface area (Å²) in [5, 5.41) is 7.10. The van der Waals surface area contributed by atoms with Crippen molar-refractivity contribution < 1.29 is 13.9 Å². The first-order valence-electron chi connectivity index (χ1n) is 8.09. The van der Waals surface area contributed by atoms with E-state index in [2.05, 4.69) is 15.6 Å². The number of aliphatic imine (C=N–C) groups is 1. The van der Waals surface area contributed by atoms with Crippen LogP contribution in [-0.4, -0.2) is 39.9 Å². The van der Waals surface area contributed by atoms with Crippen LogP contribution in [0.1, 0.15) is 11.3 Å². The number of rotatable bonds is 9. The van der Waals surface area contributed by atoms with E-state index in [1.807, 2.05) is 30.3 Å². The van der Waals surface area contributed by atoms with Crippen molar-refractivity contribution in [2.75, 3.05) is 33.9 Å². The molecule has 0 bridgehead atoms. The monoisotopic (exact) mass is 365 g/mol. The Hall–Kier alpha value is -2.18. The Bertz CT molecular complexity index is 660. The minimum absolute atomic E-state index is 0.507. The van der Waals surface area contributed by atoms with Crippen molar-refractivity contribution in [1.29, 1.82) is 0 Å². The number of ether oxygens (including phenoxy) is 2. The molecular formula is C18H24ClN3O3. The number of halogens is 1. The van der Waals surface area contributed by atoms with E-state index in [1.54, 1.807) is 20.5 Å². The molecule has 1 aromatic carbocycles. The number of hydrogen-bond donors (Lipinski definition) is 2. The Kier molecular flexibility index (Phi) is 8.15. The molecule has 0 amide bonds. The SMILES string of the molecule is COCCNC(=NCc1ccc(OC)c(Cl)c1)NCCc1ccco1. The van der Waals surface area contributed by atoms with Crippen molar-refractivity contribution in [3.05, 3.63) is 52.9 Å². The maximum atomic E-state index is 6.16. The molecule has 0 aliphatic heterocycles. The van der Waals surface area contributed by atoms with E-state index in [-0.39, 0.29) is 0 Å². The number of nitrogens with zero attached hydrogens (tertiary/aromatic N) is 1. The Morgan fingerprint density at radius 3 is 2.72 bits per heavy atom. The van der Waals surface area contributed by atoms with Gasteiger partial charge in [-0.05, 0) is 29.8 Å². The summed E-state index contributed by atoms with van der Waals surface area (Å²) in [7, 11) is 3.27. The molecule has 0 saturated carbocycles. The number of guanidine groups is 1. The summed E-state index contributed by atoms with van der Waals surface area (Å²) in [5.74, 6) is 2.31. The Balaban J connectivity index is 1.92. The van der Waals surface area contributed by atoms with Crippen molar-refractivity contribution in [2.24, 2.45) is 4.99 Å². The molecule has 2 aromatic rings. The molecule has 7 heteroatoms. The Morgan fingerprint density at radius 1 is 1.20 bits per heavy atom. The van der Waals surface area contributed by atoms with Gasteiger partial charge in [-0.1, -0.05) is 17.7 Å². The highest BCUT2D eigenvalue weighted by Gasteiger charge is 2.03. The molecule has 2 N–H and O–H groups in total. The van der Waals surface area contributed by atoms with Crippen LogP contribution in [0.3, 0.4) is 0 Å². The second-order valence-electron chi connectivity index (χ2n) is 5.31. The Labute approximate surface area is 153 Å². The Morgan fingerprint density at radius 2 is 2.04 bits per heavy atom. The maximum Gasteiger partial charge on any atom is 0.191 e. The summed E-state index contributed by atoms with van der Waals surface area (Å²) in [6.45, 7) is 2.50. The molecule has 0 fully saturated rings. The highest BCUT2D eigenvalue weighted by atomic mass is 35.5. The number of nitrogens with one attached hydrogen (secondary N) is 2. The molecule has 0 saturated heterocycles. The fourth-order valence-electron chi connectivity index (χ4n) is 2.18. The van der Waals surface area contributed by atoms with Gasteiger partial charge in [0.15, 0.2) is 5.96 Å². The summed E-state index contributed by atoms with van der Waals surface area (Å²) in [6, 6.07) is 9.49. The quantitative estimate of drug-likeness (QED) is 0.406. The average molecular weight is 366 g/mol. The summed E-state index contributed by atoms with van der Waals surface area (Å²) in [6.07, 6.45) is 2.46. The van der Waals surface area contributed by atoms with E-state index >= 15 is 0 Å². The summed E-state index contributed by atoms with van der Waals surface area (Å²) in [5.41, 5.74) is 1.00. The molecule has 6 nitrogen and oxygen atoms in total. The average Bonchev–Trinajstić information content (AvgIpc) is 3.13. The van der Waals surface area contributed by atoms with Crippen LogP contribution in [-0.2, 0) is 17.7 Å². The lowest BCUT2D eigenvalue weighted by Gasteiger charge is -2.12. The molecular weight excluding hydrogens is 342 g/mol. The van der Waals surface area contributed by atoms with Gasteiger partial charge in [0.25, 0.3) is 0 Å². The minimum atomic E-state index is 0.507. The standard InChI is InChI=1S/C18H24ClN3O3/c1-23-11-9-21-18(20-8-7-15-4-3-10-25-15)22-13-14-5-6-17(24-2)16(19)12-14/h3-6,10,12H,7-9,11,13H2,1-2H3,(H2,20,21,22). The van der Waals surface area contributed by atoms with Crippen LogP contribution >= 0.6 is 11.6 Å². The van der Waals surface area contributed by atoms with Crippen LogP contribution in [0.4, 0.5) is 0 Å². The number of methoxy groups -OCH3 is 2. The van der Waals surface area contributed by atoms with E-state index in [4.69, 9.17) is 25.5 Å². The largest absolute Gasteiger partial charge is 0.495 e. The van der Waals surface area contributed by atoms with Crippen LogP contribution in [0, 0.1) is 0 Å². The molecule has 0 spiro atoms. The highest BCUT2D eigenvalue weighted by Crippen LogP contribution is 2.25. The van der Waals surface area contributed by atoms with Crippen LogP contribution in [0.5, 0.6) is 5.75 Å². The summed E-state index contributed by atoms with van der Waals surface area (Å²) < 4.78 is 15.6. The van der Waals surface area contributed by atoms with Crippen molar-refractivity contribution >= 4 is 17.6 Å². The fraction of sp³-hybridized carbons (Fsp3) is 0.389. The molecule has 0 unspecified atom stereocenters. The summed E-state index contributed by atoms with van der Waals surface area (Å²) >= 11 is 6.16. The normalized spacial score (nSPS) is 11.4. The third-order valence-electron chi connectivity index (χ3n) is 3.48. The third-order valence-corrected chi connectivity index (χ3v) is 3.77. The first kappa shape index (κ1) is 19.1. The highest BCUT2D eigenvalue weighted by molar-refractivity contribution is 6.32. The van der Waals surface area contributed by atoms with Crippen molar-refractivity contribution in [3.8, 4) is 5.75 Å². The minimum Gasteiger partial charge on any atom is -0.495 e. The molecule has 25 heavy (non-hydrogen) atoms. The molecule has 136 valence electrons. The zero-order chi connectivity index (χ0) is 17.9. The van der Waals surface area contributed by atoms with Gasteiger partial charge in [-0.2, -0.15) is 0 Å². The van der Waals surface area contributed by atoms with Gasteiger partial charge in [0.1, 0.15) is 11.5 Å². The van der Waals surface area contributed by atoms with Gasteiger partial charge in [0.05, 0.1) is 31.5 Å². The topological polar surface area (TPSA) is 68.0 Å². The molecule has 0 aliphatic carbocycles. The van der Waals surface area contributed by atoms with Crippen molar-refractivity contribution in [1.82, 2.24) is 10.6 Å². The van der Waals surface area contributed by atoms with Gasteiger partial charge >= 0.3 is 0 Å². The number of benzene rings is 1. The van der Waals surface area contributed by atoms with E-state index in [9.17, 15) is 0 Å².